The molecule has 0 spiro atoms. The van der Waals surface area contributed by atoms with Crippen LogP contribution in [-0.4, -0.2) is 4.98 Å². The highest BCUT2D eigenvalue weighted by Crippen LogP contribution is 2.44. The fraction of sp³-hybridized carbons (Fsp3) is 0.214. The molecular formula is C14H10F2N. The van der Waals surface area contributed by atoms with E-state index in [1.165, 1.54) is 0 Å². The zero-order valence-corrected chi connectivity index (χ0v) is 9.08. The van der Waals surface area contributed by atoms with Crippen molar-refractivity contribution in [2.75, 3.05) is 0 Å². The molecule has 17 heavy (non-hydrogen) atoms. The number of benzene rings is 1. The van der Waals surface area contributed by atoms with Gasteiger partial charge in [-0.1, -0.05) is 18.2 Å². The molecule has 0 atom stereocenters. The van der Waals surface area contributed by atoms with Gasteiger partial charge in [0.2, 0.25) is 0 Å². The van der Waals surface area contributed by atoms with E-state index < -0.39 is 11.6 Å². The van der Waals surface area contributed by atoms with Gasteiger partial charge in [0, 0.05) is 11.6 Å². The van der Waals surface area contributed by atoms with Gasteiger partial charge >= 0.3 is 0 Å². The van der Waals surface area contributed by atoms with Crippen LogP contribution in [0.2, 0.25) is 0 Å². The molecule has 1 heterocycles. The van der Waals surface area contributed by atoms with Gasteiger partial charge in [-0.15, -0.1) is 0 Å². The van der Waals surface area contributed by atoms with Gasteiger partial charge in [-0.25, -0.2) is 8.78 Å². The van der Waals surface area contributed by atoms with Gasteiger partial charge < -0.3 is 0 Å². The first kappa shape index (κ1) is 10.4. The third kappa shape index (κ3) is 1.93. The van der Waals surface area contributed by atoms with Gasteiger partial charge in [0.15, 0.2) is 5.82 Å². The van der Waals surface area contributed by atoms with Crippen LogP contribution in [-0.2, 0) is 0 Å². The lowest BCUT2D eigenvalue weighted by Crippen LogP contribution is -1.94. The fourth-order valence-corrected chi connectivity index (χ4v) is 1.98. The average Bonchev–Trinajstić information content (AvgIpc) is 3.13. The molecule has 1 nitrogen and oxygen atoms in total. The molecule has 0 amide bonds. The van der Waals surface area contributed by atoms with E-state index in [4.69, 9.17) is 0 Å². The van der Waals surface area contributed by atoms with Crippen molar-refractivity contribution in [1.29, 1.82) is 0 Å². The van der Waals surface area contributed by atoms with Gasteiger partial charge in [0.1, 0.15) is 11.5 Å². The molecule has 1 saturated carbocycles. The van der Waals surface area contributed by atoms with E-state index in [1.54, 1.807) is 6.07 Å². The molecule has 1 radical (unpaired) electrons. The molecule has 2 aromatic rings. The number of rotatable bonds is 2. The number of aromatic nitrogens is 1. The van der Waals surface area contributed by atoms with Crippen LogP contribution in [0.3, 0.4) is 0 Å². The highest BCUT2D eigenvalue weighted by atomic mass is 19.1. The monoisotopic (exact) mass is 230 g/mol. The number of hydrogen-bond acceptors (Lipinski definition) is 1. The first-order chi connectivity index (χ1) is 8.25. The first-order valence-electron chi connectivity index (χ1n) is 5.57. The molecule has 1 aromatic carbocycles. The molecule has 0 bridgehead atoms. The summed E-state index contributed by atoms with van der Waals surface area (Å²) in [4.78, 5) is 3.85. The summed E-state index contributed by atoms with van der Waals surface area (Å²) in [6, 6.07) is 9.43. The van der Waals surface area contributed by atoms with Crippen molar-refractivity contribution in [2.24, 2.45) is 0 Å². The van der Waals surface area contributed by atoms with Crippen molar-refractivity contribution in [1.82, 2.24) is 4.98 Å². The topological polar surface area (TPSA) is 12.9 Å². The summed E-state index contributed by atoms with van der Waals surface area (Å²) >= 11 is 0. The molecule has 85 valence electrons. The van der Waals surface area contributed by atoms with Gasteiger partial charge in [-0.2, -0.15) is 0 Å². The van der Waals surface area contributed by atoms with Crippen LogP contribution in [0.1, 0.15) is 24.3 Å². The Hall–Kier alpha value is -1.77. The van der Waals surface area contributed by atoms with Crippen LogP contribution in [0, 0.1) is 17.7 Å². The molecule has 3 rings (SSSR count). The maximum atomic E-state index is 13.7. The highest BCUT2D eigenvalue weighted by Gasteiger charge is 2.27. The molecule has 0 N–H and O–H groups in total. The summed E-state index contributed by atoms with van der Waals surface area (Å²) in [5, 5.41) is 0. The maximum Gasteiger partial charge on any atom is 0.152 e. The predicted molar refractivity (Wildman–Crippen MR) is 60.4 cm³/mol. The Bertz CT molecular complexity index is 562. The minimum Gasteiger partial charge on any atom is -0.250 e. The third-order valence-electron chi connectivity index (χ3n) is 2.94. The first-order valence-corrected chi connectivity index (χ1v) is 5.57. The second kappa shape index (κ2) is 3.91. The quantitative estimate of drug-likeness (QED) is 0.766. The van der Waals surface area contributed by atoms with Crippen LogP contribution >= 0.6 is 0 Å². The molecule has 0 saturated heterocycles. The number of halogens is 2. The predicted octanol–water partition coefficient (Wildman–Crippen LogP) is 3.70. The van der Waals surface area contributed by atoms with E-state index in [9.17, 15) is 8.78 Å². The third-order valence-corrected chi connectivity index (χ3v) is 2.94. The summed E-state index contributed by atoms with van der Waals surface area (Å²) in [6.45, 7) is 0. The zero-order chi connectivity index (χ0) is 11.8. The van der Waals surface area contributed by atoms with E-state index in [-0.39, 0.29) is 5.69 Å². The standard InChI is InChI=1S/C14H10F2N/c15-10-7-13(16)14(17-8-10)12-4-2-1-3-11(12)9-5-6-9/h1-2,4,7-9H,5-6H2. The van der Waals surface area contributed by atoms with E-state index in [0.29, 0.717) is 5.92 Å². The van der Waals surface area contributed by atoms with Crippen molar-refractivity contribution >= 4 is 0 Å². The summed E-state index contributed by atoms with van der Waals surface area (Å²) < 4.78 is 26.5. The number of hydrogen-bond donors (Lipinski definition) is 0. The van der Waals surface area contributed by atoms with Gasteiger partial charge in [0.25, 0.3) is 0 Å². The molecule has 1 aromatic heterocycles. The summed E-state index contributed by atoms with van der Waals surface area (Å²) in [6.07, 6.45) is 3.26. The van der Waals surface area contributed by atoms with E-state index in [1.807, 2.05) is 12.1 Å². The Labute approximate surface area is 98.1 Å². The smallest absolute Gasteiger partial charge is 0.152 e. The van der Waals surface area contributed by atoms with Gasteiger partial charge in [0.05, 0.1) is 6.20 Å². The Balaban J connectivity index is 2.14. The molecule has 0 aliphatic heterocycles. The van der Waals surface area contributed by atoms with Crippen LogP contribution < -0.4 is 0 Å². The van der Waals surface area contributed by atoms with E-state index >= 15 is 0 Å². The van der Waals surface area contributed by atoms with Crippen molar-refractivity contribution < 1.29 is 8.78 Å². The van der Waals surface area contributed by atoms with Crippen molar-refractivity contribution in [2.45, 2.75) is 18.8 Å². The Morgan fingerprint density at radius 1 is 1.29 bits per heavy atom. The van der Waals surface area contributed by atoms with E-state index in [0.717, 1.165) is 36.2 Å². The second-order valence-corrected chi connectivity index (χ2v) is 4.26. The maximum absolute atomic E-state index is 13.7. The summed E-state index contributed by atoms with van der Waals surface area (Å²) in [5.74, 6) is -0.817. The van der Waals surface area contributed by atoms with Gasteiger partial charge in [-0.3, -0.25) is 4.98 Å². The van der Waals surface area contributed by atoms with Crippen molar-refractivity contribution in [3.05, 3.63) is 53.7 Å². The van der Waals surface area contributed by atoms with Crippen LogP contribution in [0.4, 0.5) is 8.78 Å². The largest absolute Gasteiger partial charge is 0.250 e. The molecule has 3 heteroatoms. The van der Waals surface area contributed by atoms with Gasteiger partial charge in [-0.05, 0) is 30.4 Å². The molecular weight excluding hydrogens is 220 g/mol. The lowest BCUT2D eigenvalue weighted by atomic mass is 10.00. The second-order valence-electron chi connectivity index (χ2n) is 4.26. The van der Waals surface area contributed by atoms with Crippen LogP contribution in [0.15, 0.2) is 30.5 Å². The van der Waals surface area contributed by atoms with Crippen molar-refractivity contribution in [3.63, 3.8) is 0 Å². The minimum absolute atomic E-state index is 0.213. The number of pyridine rings is 1. The van der Waals surface area contributed by atoms with Crippen molar-refractivity contribution in [3.8, 4) is 11.3 Å². The minimum atomic E-state index is -0.654. The lowest BCUT2D eigenvalue weighted by molar-refractivity contribution is 0.576. The zero-order valence-electron chi connectivity index (χ0n) is 9.08. The summed E-state index contributed by atoms with van der Waals surface area (Å²) in [5.41, 5.74) is 1.93. The van der Waals surface area contributed by atoms with Crippen LogP contribution in [0.25, 0.3) is 11.3 Å². The Morgan fingerprint density at radius 2 is 2.12 bits per heavy atom. The SMILES string of the molecule is Fc1cnc(-c2ccc[c]c2C2CC2)c(F)c1. The molecule has 0 unspecified atom stereocenters. The van der Waals surface area contributed by atoms with Crippen LogP contribution in [0.5, 0.6) is 0 Å². The lowest BCUT2D eigenvalue weighted by Gasteiger charge is -2.08. The van der Waals surface area contributed by atoms with E-state index in [2.05, 4.69) is 11.1 Å². The molecule has 1 fully saturated rings. The fourth-order valence-electron chi connectivity index (χ4n) is 1.98. The highest BCUT2D eigenvalue weighted by molar-refractivity contribution is 5.65. The number of nitrogens with zero attached hydrogens (tertiary/aromatic N) is 1. The Morgan fingerprint density at radius 3 is 2.82 bits per heavy atom. The molecule has 1 aliphatic carbocycles. The Kier molecular flexibility index (Phi) is 2.39. The average molecular weight is 230 g/mol. The summed E-state index contributed by atoms with van der Waals surface area (Å²) in [7, 11) is 0. The normalized spacial score (nSPS) is 14.9. The molecule has 1 aliphatic rings.